The molecule has 28 heavy (non-hydrogen) atoms. The molecule has 0 fully saturated rings. The number of aliphatic hydroxyl groups is 1. The van der Waals surface area contributed by atoms with Crippen LogP contribution in [0.3, 0.4) is 0 Å². The van der Waals surface area contributed by atoms with E-state index in [1.54, 1.807) is 0 Å². The van der Waals surface area contributed by atoms with E-state index in [2.05, 4.69) is 5.32 Å². The standard InChI is InChI=1S/C18H17F3N2O5/c1-11-9-13(5-8-15(11)23(26)27)22-16(24)17(2,25)10-28-14-6-3-12(4-7-14)18(19,20)21/h3-9,25H,10H2,1-2H3,(H,22,24). The summed E-state index contributed by atoms with van der Waals surface area (Å²) in [6.07, 6.45) is -4.48. The molecule has 10 heteroatoms. The summed E-state index contributed by atoms with van der Waals surface area (Å²) < 4.78 is 42.8. The number of benzene rings is 2. The van der Waals surface area contributed by atoms with Gasteiger partial charge in [-0.05, 0) is 50.2 Å². The van der Waals surface area contributed by atoms with Gasteiger partial charge in [0.2, 0.25) is 0 Å². The number of nitro benzene ring substituents is 1. The van der Waals surface area contributed by atoms with Gasteiger partial charge in [0, 0.05) is 17.3 Å². The highest BCUT2D eigenvalue weighted by Gasteiger charge is 2.32. The molecule has 1 unspecified atom stereocenters. The number of nitrogens with one attached hydrogen (secondary N) is 1. The van der Waals surface area contributed by atoms with E-state index >= 15 is 0 Å². The lowest BCUT2D eigenvalue weighted by molar-refractivity contribution is -0.385. The highest BCUT2D eigenvalue weighted by Crippen LogP contribution is 2.30. The molecule has 0 aliphatic rings. The number of carbonyl (C=O) groups excluding carboxylic acids is 1. The van der Waals surface area contributed by atoms with Crippen molar-refractivity contribution in [2.24, 2.45) is 0 Å². The number of nitro groups is 1. The van der Waals surface area contributed by atoms with Crippen LogP contribution in [0.2, 0.25) is 0 Å². The van der Waals surface area contributed by atoms with Crippen molar-refractivity contribution in [3.63, 3.8) is 0 Å². The molecule has 2 N–H and O–H groups in total. The zero-order valence-corrected chi connectivity index (χ0v) is 14.9. The van der Waals surface area contributed by atoms with Crippen LogP contribution >= 0.6 is 0 Å². The van der Waals surface area contributed by atoms with Gasteiger partial charge in [0.05, 0.1) is 10.5 Å². The predicted octanol–water partition coefficient (Wildman–Crippen LogP) is 3.69. The molecule has 150 valence electrons. The number of hydrogen-bond acceptors (Lipinski definition) is 5. The molecule has 0 saturated heterocycles. The smallest absolute Gasteiger partial charge is 0.416 e. The zero-order valence-electron chi connectivity index (χ0n) is 14.9. The van der Waals surface area contributed by atoms with Crippen molar-refractivity contribution in [3.05, 3.63) is 63.7 Å². The first-order chi connectivity index (χ1) is 12.9. The fraction of sp³-hybridized carbons (Fsp3) is 0.278. The van der Waals surface area contributed by atoms with Crippen molar-refractivity contribution >= 4 is 17.3 Å². The molecule has 1 atom stereocenters. The summed E-state index contributed by atoms with van der Waals surface area (Å²) >= 11 is 0. The predicted molar refractivity (Wildman–Crippen MR) is 94.0 cm³/mol. The molecule has 0 aliphatic carbocycles. The second-order valence-corrected chi connectivity index (χ2v) is 6.30. The first kappa shape index (κ1) is 21.2. The van der Waals surface area contributed by atoms with Gasteiger partial charge in [0.15, 0.2) is 5.60 Å². The van der Waals surface area contributed by atoms with Crippen LogP contribution in [0.15, 0.2) is 42.5 Å². The normalized spacial score (nSPS) is 13.5. The molecular formula is C18H17F3N2O5. The van der Waals surface area contributed by atoms with Gasteiger partial charge in [-0.3, -0.25) is 14.9 Å². The van der Waals surface area contributed by atoms with E-state index < -0.39 is 34.8 Å². The fourth-order valence-corrected chi connectivity index (χ4v) is 2.23. The van der Waals surface area contributed by atoms with Crippen molar-refractivity contribution in [2.45, 2.75) is 25.6 Å². The summed E-state index contributed by atoms with van der Waals surface area (Å²) in [5.41, 5.74) is -2.40. The van der Waals surface area contributed by atoms with Crippen molar-refractivity contribution in [3.8, 4) is 5.75 Å². The van der Waals surface area contributed by atoms with Crippen molar-refractivity contribution in [2.75, 3.05) is 11.9 Å². The third kappa shape index (κ3) is 5.19. The SMILES string of the molecule is Cc1cc(NC(=O)C(C)(O)COc2ccc(C(F)(F)F)cc2)ccc1[N+](=O)[O-]. The number of alkyl halides is 3. The average molecular weight is 398 g/mol. The molecule has 0 heterocycles. The van der Waals surface area contributed by atoms with E-state index in [1.807, 2.05) is 0 Å². The van der Waals surface area contributed by atoms with E-state index in [-0.39, 0.29) is 17.1 Å². The van der Waals surface area contributed by atoms with Gasteiger partial charge in [0.1, 0.15) is 12.4 Å². The molecule has 7 nitrogen and oxygen atoms in total. The first-order valence-electron chi connectivity index (χ1n) is 7.99. The van der Waals surface area contributed by atoms with E-state index in [1.165, 1.54) is 32.0 Å². The van der Waals surface area contributed by atoms with Crippen molar-refractivity contribution in [1.82, 2.24) is 0 Å². The monoisotopic (exact) mass is 398 g/mol. The minimum absolute atomic E-state index is 0.0484. The summed E-state index contributed by atoms with van der Waals surface area (Å²) in [6, 6.07) is 7.72. The Bertz CT molecular complexity index is 880. The van der Waals surface area contributed by atoms with Gasteiger partial charge in [-0.25, -0.2) is 0 Å². The summed E-state index contributed by atoms with van der Waals surface area (Å²) in [5.74, 6) is -0.792. The highest BCUT2D eigenvalue weighted by atomic mass is 19.4. The summed E-state index contributed by atoms with van der Waals surface area (Å²) in [5, 5.41) is 23.5. The van der Waals surface area contributed by atoms with Crippen LogP contribution in [-0.4, -0.2) is 28.1 Å². The molecule has 0 bridgehead atoms. The Labute approximate surface area is 157 Å². The van der Waals surface area contributed by atoms with E-state index in [9.17, 15) is 33.2 Å². The first-order valence-corrected chi connectivity index (χ1v) is 7.99. The molecule has 0 aromatic heterocycles. The van der Waals surface area contributed by atoms with Crippen LogP contribution < -0.4 is 10.1 Å². The van der Waals surface area contributed by atoms with E-state index in [0.717, 1.165) is 24.3 Å². The summed E-state index contributed by atoms with van der Waals surface area (Å²) in [6.45, 7) is 2.15. The molecule has 0 radical (unpaired) electrons. The second-order valence-electron chi connectivity index (χ2n) is 6.30. The molecule has 2 aromatic carbocycles. The third-order valence-electron chi connectivity index (χ3n) is 3.84. The zero-order chi connectivity index (χ0) is 21.1. The molecule has 0 aliphatic heterocycles. The van der Waals surface area contributed by atoms with Gasteiger partial charge in [-0.2, -0.15) is 13.2 Å². The number of carbonyl (C=O) groups is 1. The van der Waals surface area contributed by atoms with Gasteiger partial charge in [0.25, 0.3) is 11.6 Å². The highest BCUT2D eigenvalue weighted by molar-refractivity contribution is 5.97. The molecule has 0 saturated carbocycles. The van der Waals surface area contributed by atoms with Crippen molar-refractivity contribution in [1.29, 1.82) is 0 Å². The Morgan fingerprint density at radius 1 is 1.21 bits per heavy atom. The maximum absolute atomic E-state index is 12.5. The average Bonchev–Trinajstić information content (AvgIpc) is 2.59. The molecule has 2 aromatic rings. The number of rotatable bonds is 6. The van der Waals surface area contributed by atoms with Crippen LogP contribution in [0.5, 0.6) is 5.75 Å². The number of anilines is 1. The number of ether oxygens (including phenoxy) is 1. The molecule has 1 amide bonds. The van der Waals surface area contributed by atoms with Crippen LogP contribution in [-0.2, 0) is 11.0 Å². The van der Waals surface area contributed by atoms with Crippen LogP contribution in [0.1, 0.15) is 18.1 Å². The van der Waals surface area contributed by atoms with Crippen LogP contribution in [0.25, 0.3) is 0 Å². The Kier molecular flexibility index (Phi) is 5.93. The lowest BCUT2D eigenvalue weighted by Crippen LogP contribution is -2.45. The Morgan fingerprint density at radius 2 is 1.82 bits per heavy atom. The Hall–Kier alpha value is -3.14. The minimum Gasteiger partial charge on any atom is -0.490 e. The van der Waals surface area contributed by atoms with Crippen LogP contribution in [0, 0.1) is 17.0 Å². The molecular weight excluding hydrogens is 381 g/mol. The van der Waals surface area contributed by atoms with Crippen molar-refractivity contribution < 1.29 is 32.7 Å². The lowest BCUT2D eigenvalue weighted by atomic mass is 10.1. The number of hydrogen-bond donors (Lipinski definition) is 2. The Balaban J connectivity index is 2.01. The summed E-state index contributed by atoms with van der Waals surface area (Å²) in [4.78, 5) is 22.5. The number of halogens is 3. The molecule has 2 rings (SSSR count). The van der Waals surface area contributed by atoms with E-state index in [0.29, 0.717) is 5.56 Å². The van der Waals surface area contributed by atoms with Crippen LogP contribution in [0.4, 0.5) is 24.5 Å². The minimum atomic E-state index is -4.48. The number of amides is 1. The number of nitrogens with zero attached hydrogens (tertiary/aromatic N) is 1. The second kappa shape index (κ2) is 7.85. The van der Waals surface area contributed by atoms with Gasteiger partial charge < -0.3 is 15.2 Å². The largest absolute Gasteiger partial charge is 0.490 e. The Morgan fingerprint density at radius 3 is 2.32 bits per heavy atom. The lowest BCUT2D eigenvalue weighted by Gasteiger charge is -2.22. The topological polar surface area (TPSA) is 102 Å². The summed E-state index contributed by atoms with van der Waals surface area (Å²) in [7, 11) is 0. The number of aryl methyl sites for hydroxylation is 1. The fourth-order valence-electron chi connectivity index (χ4n) is 2.23. The van der Waals surface area contributed by atoms with Gasteiger partial charge in [-0.15, -0.1) is 0 Å². The maximum Gasteiger partial charge on any atom is 0.416 e. The van der Waals surface area contributed by atoms with Gasteiger partial charge in [-0.1, -0.05) is 0 Å². The maximum atomic E-state index is 12.5. The quantitative estimate of drug-likeness (QED) is 0.571. The van der Waals surface area contributed by atoms with Gasteiger partial charge >= 0.3 is 6.18 Å². The molecule has 0 spiro atoms. The van der Waals surface area contributed by atoms with E-state index in [4.69, 9.17) is 4.74 Å². The third-order valence-corrected chi connectivity index (χ3v) is 3.84.